The number of nitrogens with one attached hydrogen (secondary N) is 1. The van der Waals surface area contributed by atoms with Crippen LogP contribution < -0.4 is 10.1 Å². The molecule has 0 fully saturated rings. The summed E-state index contributed by atoms with van der Waals surface area (Å²) in [6, 6.07) is 6.27. The first-order chi connectivity index (χ1) is 8.19. The summed E-state index contributed by atoms with van der Waals surface area (Å²) in [6.07, 6.45) is 1.05. The summed E-state index contributed by atoms with van der Waals surface area (Å²) < 4.78 is 7.57. The largest absolute Gasteiger partial charge is 0.497 e. The first kappa shape index (κ1) is 12.0. The number of aromatic nitrogens is 1. The molecule has 0 radical (unpaired) electrons. The van der Waals surface area contributed by atoms with E-state index in [4.69, 9.17) is 4.74 Å². The predicted octanol–water partition coefficient (Wildman–Crippen LogP) is 2.26. The Bertz CT molecular complexity index is 528. The molecule has 2 rings (SSSR count). The fourth-order valence-electron chi connectivity index (χ4n) is 2.39. The number of rotatable bonds is 4. The molecule has 0 aliphatic rings. The monoisotopic (exact) mass is 232 g/mol. The highest BCUT2D eigenvalue weighted by Gasteiger charge is 2.11. The molecular formula is C14H20N2O. The Kier molecular flexibility index (Phi) is 3.38. The summed E-state index contributed by atoms with van der Waals surface area (Å²) in [5.74, 6) is 0.923. The van der Waals surface area contributed by atoms with Crippen LogP contribution in [-0.4, -0.2) is 25.3 Å². The molecule has 0 aliphatic heterocycles. The lowest BCUT2D eigenvalue weighted by molar-refractivity contribution is 0.415. The van der Waals surface area contributed by atoms with Gasteiger partial charge in [-0.1, -0.05) is 0 Å². The van der Waals surface area contributed by atoms with Crippen LogP contribution in [0.15, 0.2) is 18.2 Å². The van der Waals surface area contributed by atoms with Gasteiger partial charge in [-0.3, -0.25) is 0 Å². The molecule has 3 heteroatoms. The highest BCUT2D eigenvalue weighted by atomic mass is 16.5. The molecule has 0 saturated carbocycles. The van der Waals surface area contributed by atoms with Crippen molar-refractivity contribution in [3.63, 3.8) is 0 Å². The van der Waals surface area contributed by atoms with Gasteiger partial charge in [-0.2, -0.15) is 0 Å². The van der Waals surface area contributed by atoms with Gasteiger partial charge in [0, 0.05) is 36.6 Å². The maximum Gasteiger partial charge on any atom is 0.119 e. The third kappa shape index (κ3) is 2.03. The number of nitrogens with zero attached hydrogens (tertiary/aromatic N) is 1. The Morgan fingerprint density at radius 3 is 2.76 bits per heavy atom. The molecule has 1 aromatic heterocycles. The SMILES string of the molecule is CNCCc1c(C)c2cc(OC)ccc2n1C. The van der Waals surface area contributed by atoms with Gasteiger partial charge in [0.1, 0.15) is 5.75 Å². The van der Waals surface area contributed by atoms with E-state index in [1.54, 1.807) is 7.11 Å². The van der Waals surface area contributed by atoms with Crippen molar-refractivity contribution in [3.8, 4) is 5.75 Å². The molecule has 0 unspecified atom stereocenters. The molecule has 3 nitrogen and oxygen atoms in total. The van der Waals surface area contributed by atoms with Crippen molar-refractivity contribution in [1.29, 1.82) is 0 Å². The molecule has 0 spiro atoms. The van der Waals surface area contributed by atoms with Crippen LogP contribution in [-0.2, 0) is 13.5 Å². The van der Waals surface area contributed by atoms with Crippen molar-refractivity contribution in [2.75, 3.05) is 20.7 Å². The summed E-state index contributed by atoms with van der Waals surface area (Å²) >= 11 is 0. The van der Waals surface area contributed by atoms with Crippen molar-refractivity contribution in [1.82, 2.24) is 9.88 Å². The Balaban J connectivity index is 2.54. The summed E-state index contributed by atoms with van der Waals surface area (Å²) in [4.78, 5) is 0. The van der Waals surface area contributed by atoms with Gasteiger partial charge in [0.2, 0.25) is 0 Å². The number of ether oxygens (including phenoxy) is 1. The number of benzene rings is 1. The van der Waals surface area contributed by atoms with Gasteiger partial charge in [-0.25, -0.2) is 0 Å². The molecule has 0 saturated heterocycles. The lowest BCUT2D eigenvalue weighted by Gasteiger charge is -2.05. The molecule has 1 N–H and O–H groups in total. The van der Waals surface area contributed by atoms with E-state index < -0.39 is 0 Å². The minimum Gasteiger partial charge on any atom is -0.497 e. The standard InChI is InChI=1S/C14H20N2O/c1-10-12-9-11(17-4)5-6-14(12)16(3)13(10)7-8-15-2/h5-6,9,15H,7-8H2,1-4H3. The Morgan fingerprint density at radius 2 is 2.12 bits per heavy atom. The van der Waals surface area contributed by atoms with Crippen LogP contribution in [0.2, 0.25) is 0 Å². The highest BCUT2D eigenvalue weighted by molar-refractivity contribution is 5.86. The van der Waals surface area contributed by atoms with Gasteiger partial charge < -0.3 is 14.6 Å². The van der Waals surface area contributed by atoms with E-state index in [1.807, 2.05) is 13.1 Å². The second-order valence-corrected chi connectivity index (χ2v) is 4.37. The van der Waals surface area contributed by atoms with E-state index in [2.05, 4.69) is 36.0 Å². The van der Waals surface area contributed by atoms with Crippen LogP contribution in [0.3, 0.4) is 0 Å². The zero-order chi connectivity index (χ0) is 12.4. The quantitative estimate of drug-likeness (QED) is 0.875. The average molecular weight is 232 g/mol. The lowest BCUT2D eigenvalue weighted by atomic mass is 10.1. The van der Waals surface area contributed by atoms with Gasteiger partial charge in [0.05, 0.1) is 7.11 Å². The second-order valence-electron chi connectivity index (χ2n) is 4.37. The van der Waals surface area contributed by atoms with E-state index in [0.717, 1.165) is 18.7 Å². The van der Waals surface area contributed by atoms with E-state index >= 15 is 0 Å². The zero-order valence-corrected chi connectivity index (χ0v) is 11.0. The number of aryl methyl sites for hydroxylation is 2. The van der Waals surface area contributed by atoms with Crippen LogP contribution in [0.25, 0.3) is 10.9 Å². The van der Waals surface area contributed by atoms with Crippen LogP contribution in [0.4, 0.5) is 0 Å². The third-order valence-corrected chi connectivity index (χ3v) is 3.42. The fraction of sp³-hybridized carbons (Fsp3) is 0.429. The fourth-order valence-corrected chi connectivity index (χ4v) is 2.39. The number of methoxy groups -OCH3 is 1. The number of hydrogen-bond acceptors (Lipinski definition) is 2. The number of hydrogen-bond donors (Lipinski definition) is 1. The highest BCUT2D eigenvalue weighted by Crippen LogP contribution is 2.28. The van der Waals surface area contributed by atoms with Crippen LogP contribution in [0.1, 0.15) is 11.3 Å². The molecule has 0 aliphatic carbocycles. The van der Waals surface area contributed by atoms with Crippen molar-refractivity contribution in [2.45, 2.75) is 13.3 Å². The smallest absolute Gasteiger partial charge is 0.119 e. The van der Waals surface area contributed by atoms with Crippen molar-refractivity contribution >= 4 is 10.9 Å². The van der Waals surface area contributed by atoms with Crippen molar-refractivity contribution in [3.05, 3.63) is 29.5 Å². The van der Waals surface area contributed by atoms with Crippen LogP contribution in [0, 0.1) is 6.92 Å². The molecule has 0 atom stereocenters. The summed E-state index contributed by atoms with van der Waals surface area (Å²) in [5, 5.41) is 4.49. The molecule has 92 valence electrons. The molecule has 1 heterocycles. The van der Waals surface area contributed by atoms with Gasteiger partial charge in [0.15, 0.2) is 0 Å². The lowest BCUT2D eigenvalue weighted by Crippen LogP contribution is -2.12. The minimum atomic E-state index is 0.923. The number of likely N-dealkylation sites (N-methyl/N-ethyl adjacent to an activating group) is 1. The zero-order valence-electron chi connectivity index (χ0n) is 11.0. The van der Waals surface area contributed by atoms with E-state index in [0.29, 0.717) is 0 Å². The molecule has 2 aromatic rings. The molecule has 17 heavy (non-hydrogen) atoms. The third-order valence-electron chi connectivity index (χ3n) is 3.42. The van der Waals surface area contributed by atoms with Gasteiger partial charge >= 0.3 is 0 Å². The Labute approximate surface area is 102 Å². The topological polar surface area (TPSA) is 26.2 Å². The molecule has 1 aromatic carbocycles. The van der Waals surface area contributed by atoms with Gasteiger partial charge in [-0.05, 0) is 37.7 Å². The van der Waals surface area contributed by atoms with E-state index in [-0.39, 0.29) is 0 Å². The van der Waals surface area contributed by atoms with Gasteiger partial charge in [-0.15, -0.1) is 0 Å². The maximum absolute atomic E-state index is 5.29. The Hall–Kier alpha value is -1.48. The van der Waals surface area contributed by atoms with E-state index in [9.17, 15) is 0 Å². The second kappa shape index (κ2) is 4.80. The first-order valence-electron chi connectivity index (χ1n) is 5.95. The van der Waals surface area contributed by atoms with Crippen LogP contribution in [0.5, 0.6) is 5.75 Å². The molecular weight excluding hydrogens is 212 g/mol. The summed E-state index contributed by atoms with van der Waals surface area (Å²) in [6.45, 7) is 3.19. The van der Waals surface area contributed by atoms with Crippen molar-refractivity contribution < 1.29 is 4.74 Å². The maximum atomic E-state index is 5.29. The average Bonchev–Trinajstić information content (AvgIpc) is 2.59. The van der Waals surface area contributed by atoms with Gasteiger partial charge in [0.25, 0.3) is 0 Å². The summed E-state index contributed by atoms with van der Waals surface area (Å²) in [7, 11) is 5.83. The van der Waals surface area contributed by atoms with Crippen LogP contribution >= 0.6 is 0 Å². The molecule has 0 bridgehead atoms. The minimum absolute atomic E-state index is 0.923. The normalized spacial score (nSPS) is 11.1. The van der Waals surface area contributed by atoms with E-state index in [1.165, 1.54) is 22.2 Å². The van der Waals surface area contributed by atoms with Crippen molar-refractivity contribution in [2.24, 2.45) is 7.05 Å². The predicted molar refractivity (Wildman–Crippen MR) is 71.8 cm³/mol. The Morgan fingerprint density at radius 1 is 1.35 bits per heavy atom. The first-order valence-corrected chi connectivity index (χ1v) is 5.95. The molecule has 0 amide bonds. The summed E-state index contributed by atoms with van der Waals surface area (Å²) in [5.41, 5.74) is 4.02. The number of fused-ring (bicyclic) bond motifs is 1.